The van der Waals surface area contributed by atoms with Crippen molar-refractivity contribution in [2.24, 2.45) is 5.92 Å². The number of carboxylic acids is 1. The molecule has 0 aliphatic heterocycles. The Hall–Kier alpha value is -1.23. The monoisotopic (exact) mass is 330 g/mol. The van der Waals surface area contributed by atoms with Crippen LogP contribution in [0, 0.1) is 5.92 Å². The van der Waals surface area contributed by atoms with Crippen LogP contribution in [0.4, 0.5) is 0 Å². The number of hydrogen-bond donors (Lipinski definition) is 1. The van der Waals surface area contributed by atoms with Crippen LogP contribution < -0.4 is 9.47 Å². The second-order valence-corrected chi connectivity index (χ2v) is 5.35. The quantitative estimate of drug-likeness (QED) is 0.821. The molecule has 19 heavy (non-hydrogen) atoms. The van der Waals surface area contributed by atoms with E-state index in [0.717, 1.165) is 12.8 Å². The highest BCUT2D eigenvalue weighted by molar-refractivity contribution is 9.10. The van der Waals surface area contributed by atoms with Crippen molar-refractivity contribution in [3.8, 4) is 11.5 Å². The highest BCUT2D eigenvalue weighted by Crippen LogP contribution is 2.37. The van der Waals surface area contributed by atoms with Gasteiger partial charge in [0.1, 0.15) is 0 Å². The molecule has 1 rings (SSSR count). The number of halogens is 1. The summed E-state index contributed by atoms with van der Waals surface area (Å²) < 4.78 is 11.5. The van der Waals surface area contributed by atoms with Crippen LogP contribution in [-0.2, 0) is 0 Å². The van der Waals surface area contributed by atoms with Crippen molar-refractivity contribution in [3.63, 3.8) is 0 Å². The largest absolute Gasteiger partial charge is 0.493 e. The molecule has 0 saturated heterocycles. The maximum atomic E-state index is 11.0. The Bertz CT molecular complexity index is 445. The highest BCUT2D eigenvalue weighted by Gasteiger charge is 2.15. The Kier molecular flexibility index (Phi) is 6.15. The SMILES string of the molecule is CCCC(C)COc1c(Br)cc(C(=O)O)cc1OC. The average molecular weight is 331 g/mol. The van der Waals surface area contributed by atoms with Gasteiger partial charge in [0, 0.05) is 0 Å². The van der Waals surface area contributed by atoms with E-state index < -0.39 is 5.97 Å². The summed E-state index contributed by atoms with van der Waals surface area (Å²) in [7, 11) is 1.50. The molecule has 0 amide bonds. The maximum Gasteiger partial charge on any atom is 0.335 e. The molecule has 106 valence electrons. The Balaban J connectivity index is 2.91. The van der Waals surface area contributed by atoms with Gasteiger partial charge in [-0.1, -0.05) is 20.3 Å². The van der Waals surface area contributed by atoms with Crippen molar-refractivity contribution in [3.05, 3.63) is 22.2 Å². The maximum absolute atomic E-state index is 11.0. The first kappa shape index (κ1) is 15.8. The van der Waals surface area contributed by atoms with E-state index in [0.29, 0.717) is 28.5 Å². The molecule has 1 aromatic rings. The van der Waals surface area contributed by atoms with E-state index in [4.69, 9.17) is 14.6 Å². The van der Waals surface area contributed by atoms with Gasteiger partial charge in [-0.2, -0.15) is 0 Å². The fourth-order valence-corrected chi connectivity index (χ4v) is 2.34. The first-order valence-electron chi connectivity index (χ1n) is 6.23. The van der Waals surface area contributed by atoms with E-state index in [2.05, 4.69) is 29.8 Å². The van der Waals surface area contributed by atoms with Crippen molar-refractivity contribution in [2.45, 2.75) is 26.7 Å². The molecule has 1 N–H and O–H groups in total. The lowest BCUT2D eigenvalue weighted by Gasteiger charge is -2.16. The van der Waals surface area contributed by atoms with Crippen LogP contribution in [0.25, 0.3) is 0 Å². The van der Waals surface area contributed by atoms with Gasteiger partial charge < -0.3 is 14.6 Å². The minimum absolute atomic E-state index is 0.165. The second kappa shape index (κ2) is 7.38. The van der Waals surface area contributed by atoms with Crippen molar-refractivity contribution in [1.29, 1.82) is 0 Å². The standard InChI is InChI=1S/C14H19BrO4/c1-4-5-9(2)8-19-13-11(15)6-10(14(16)17)7-12(13)18-3/h6-7,9H,4-5,8H2,1-3H3,(H,16,17). The summed E-state index contributed by atoms with van der Waals surface area (Å²) in [5.41, 5.74) is 0.165. The molecule has 1 unspecified atom stereocenters. The molecular weight excluding hydrogens is 312 g/mol. The van der Waals surface area contributed by atoms with Crippen LogP contribution in [0.1, 0.15) is 37.0 Å². The van der Waals surface area contributed by atoms with Crippen molar-refractivity contribution in [2.75, 3.05) is 13.7 Å². The Labute approximate surface area is 121 Å². The zero-order chi connectivity index (χ0) is 14.4. The van der Waals surface area contributed by atoms with E-state index in [-0.39, 0.29) is 5.56 Å². The van der Waals surface area contributed by atoms with Gasteiger partial charge in [0.2, 0.25) is 0 Å². The van der Waals surface area contributed by atoms with Crippen LogP contribution in [0.2, 0.25) is 0 Å². The summed E-state index contributed by atoms with van der Waals surface area (Å²) in [6.07, 6.45) is 2.20. The zero-order valence-corrected chi connectivity index (χ0v) is 13.0. The normalized spacial score (nSPS) is 12.0. The molecule has 0 radical (unpaired) electrons. The minimum Gasteiger partial charge on any atom is -0.493 e. The molecule has 0 bridgehead atoms. The second-order valence-electron chi connectivity index (χ2n) is 4.50. The fourth-order valence-electron chi connectivity index (χ4n) is 1.79. The van der Waals surface area contributed by atoms with Gasteiger partial charge in [-0.05, 0) is 40.4 Å². The molecule has 0 aliphatic carbocycles. The smallest absolute Gasteiger partial charge is 0.335 e. The van der Waals surface area contributed by atoms with Crippen molar-refractivity contribution >= 4 is 21.9 Å². The summed E-state index contributed by atoms with van der Waals surface area (Å²) in [6, 6.07) is 2.98. The highest BCUT2D eigenvalue weighted by atomic mass is 79.9. The Morgan fingerprint density at radius 3 is 2.68 bits per heavy atom. The van der Waals surface area contributed by atoms with Crippen LogP contribution in [0.5, 0.6) is 11.5 Å². The Morgan fingerprint density at radius 1 is 1.47 bits per heavy atom. The predicted octanol–water partition coefficient (Wildman–Crippen LogP) is 3.97. The van der Waals surface area contributed by atoms with Crippen molar-refractivity contribution < 1.29 is 19.4 Å². The van der Waals surface area contributed by atoms with E-state index in [1.165, 1.54) is 19.2 Å². The summed E-state index contributed by atoms with van der Waals surface area (Å²) in [6.45, 7) is 4.83. The molecule has 1 aromatic carbocycles. The molecule has 5 heteroatoms. The summed E-state index contributed by atoms with van der Waals surface area (Å²) in [4.78, 5) is 11.0. The molecule has 0 heterocycles. The van der Waals surface area contributed by atoms with Crippen LogP contribution in [-0.4, -0.2) is 24.8 Å². The van der Waals surface area contributed by atoms with E-state index in [1.807, 2.05) is 0 Å². The topological polar surface area (TPSA) is 55.8 Å². The molecule has 0 spiro atoms. The van der Waals surface area contributed by atoms with Gasteiger partial charge in [-0.15, -0.1) is 0 Å². The van der Waals surface area contributed by atoms with E-state index >= 15 is 0 Å². The van der Waals surface area contributed by atoms with Gasteiger partial charge in [-0.3, -0.25) is 0 Å². The summed E-state index contributed by atoms with van der Waals surface area (Å²) in [5.74, 6) is 0.427. The van der Waals surface area contributed by atoms with Gasteiger partial charge in [0.05, 0.1) is 23.8 Å². The number of benzene rings is 1. The first-order chi connectivity index (χ1) is 8.99. The van der Waals surface area contributed by atoms with Gasteiger partial charge in [0.15, 0.2) is 11.5 Å². The fraction of sp³-hybridized carbons (Fsp3) is 0.500. The number of aromatic carboxylic acids is 1. The number of carboxylic acid groups (broad SMARTS) is 1. The number of ether oxygens (including phenoxy) is 2. The molecule has 0 aromatic heterocycles. The van der Waals surface area contributed by atoms with E-state index in [9.17, 15) is 4.79 Å². The minimum atomic E-state index is -0.995. The molecule has 0 saturated carbocycles. The molecule has 4 nitrogen and oxygen atoms in total. The molecule has 0 fully saturated rings. The number of rotatable bonds is 7. The molecular formula is C14H19BrO4. The van der Waals surface area contributed by atoms with Gasteiger partial charge in [0.25, 0.3) is 0 Å². The Morgan fingerprint density at radius 2 is 2.16 bits per heavy atom. The van der Waals surface area contributed by atoms with Gasteiger partial charge in [-0.25, -0.2) is 4.79 Å². The van der Waals surface area contributed by atoms with Crippen LogP contribution in [0.3, 0.4) is 0 Å². The van der Waals surface area contributed by atoms with Crippen molar-refractivity contribution in [1.82, 2.24) is 0 Å². The number of carbonyl (C=O) groups is 1. The third-order valence-electron chi connectivity index (χ3n) is 2.77. The predicted molar refractivity (Wildman–Crippen MR) is 77.2 cm³/mol. The molecule has 1 atom stereocenters. The third-order valence-corrected chi connectivity index (χ3v) is 3.36. The third kappa shape index (κ3) is 4.42. The lowest BCUT2D eigenvalue weighted by Crippen LogP contribution is -2.10. The lowest BCUT2D eigenvalue weighted by atomic mass is 10.1. The first-order valence-corrected chi connectivity index (χ1v) is 7.02. The lowest BCUT2D eigenvalue weighted by molar-refractivity contribution is 0.0696. The number of hydrogen-bond acceptors (Lipinski definition) is 3. The molecule has 0 aliphatic rings. The average Bonchev–Trinajstić information content (AvgIpc) is 2.36. The number of methoxy groups -OCH3 is 1. The van der Waals surface area contributed by atoms with E-state index in [1.54, 1.807) is 0 Å². The summed E-state index contributed by atoms with van der Waals surface area (Å²) >= 11 is 3.33. The van der Waals surface area contributed by atoms with Crippen LogP contribution in [0.15, 0.2) is 16.6 Å². The summed E-state index contributed by atoms with van der Waals surface area (Å²) in [5, 5.41) is 8.99. The van der Waals surface area contributed by atoms with Crippen LogP contribution >= 0.6 is 15.9 Å². The van der Waals surface area contributed by atoms with Gasteiger partial charge >= 0.3 is 5.97 Å². The zero-order valence-electron chi connectivity index (χ0n) is 11.4.